The van der Waals surface area contributed by atoms with Crippen LogP contribution in [0.25, 0.3) is 0 Å². The summed E-state index contributed by atoms with van der Waals surface area (Å²) in [7, 11) is -0.158. The summed E-state index contributed by atoms with van der Waals surface area (Å²) in [5.74, 6) is 2.45. The zero-order chi connectivity index (χ0) is 13.0. The third-order valence-electron chi connectivity index (χ3n) is 1.46. The normalized spacial score (nSPS) is 13.7. The molecule has 0 amide bonds. The molecule has 0 fully saturated rings. The summed E-state index contributed by atoms with van der Waals surface area (Å²) in [5.41, 5.74) is 2.71. The van der Waals surface area contributed by atoms with Crippen LogP contribution in [0.2, 0.25) is 19.6 Å². The van der Waals surface area contributed by atoms with E-state index in [4.69, 9.17) is 4.74 Å². The molecule has 0 aromatic carbocycles. The standard InChI is InChI=1S/C12H22O3Si/c1-12(2,3)15-10(11(13)14-4)8-9-16(5,6)7/h10H,1-7H3. The second-order valence-electron chi connectivity index (χ2n) is 5.65. The van der Waals surface area contributed by atoms with E-state index in [9.17, 15) is 4.79 Å². The Labute approximate surface area is 99.5 Å². The number of rotatable bonds is 2. The minimum absolute atomic E-state index is 0.410. The van der Waals surface area contributed by atoms with Crippen molar-refractivity contribution in [1.29, 1.82) is 0 Å². The first-order chi connectivity index (χ1) is 7.05. The van der Waals surface area contributed by atoms with Gasteiger partial charge in [0, 0.05) is 0 Å². The van der Waals surface area contributed by atoms with Crippen LogP contribution in [-0.4, -0.2) is 32.9 Å². The largest absolute Gasteiger partial charge is 0.466 e. The van der Waals surface area contributed by atoms with Crippen LogP contribution in [0.1, 0.15) is 20.8 Å². The molecule has 16 heavy (non-hydrogen) atoms. The van der Waals surface area contributed by atoms with Crippen LogP contribution in [-0.2, 0) is 14.3 Å². The molecule has 92 valence electrons. The quantitative estimate of drug-likeness (QED) is 0.423. The molecule has 4 heteroatoms. The maximum Gasteiger partial charge on any atom is 0.347 e. The van der Waals surface area contributed by atoms with Gasteiger partial charge in [-0.05, 0) is 20.8 Å². The highest BCUT2D eigenvalue weighted by atomic mass is 28.3. The first kappa shape index (κ1) is 15.2. The molecular formula is C12H22O3Si. The van der Waals surface area contributed by atoms with Crippen LogP contribution in [0.3, 0.4) is 0 Å². The predicted octanol–water partition coefficient (Wildman–Crippen LogP) is 2.22. The van der Waals surface area contributed by atoms with E-state index in [0.29, 0.717) is 0 Å². The van der Waals surface area contributed by atoms with Crippen molar-refractivity contribution >= 4 is 14.0 Å². The molecule has 1 unspecified atom stereocenters. The van der Waals surface area contributed by atoms with Gasteiger partial charge in [-0.2, -0.15) is 0 Å². The first-order valence-corrected chi connectivity index (χ1v) is 8.83. The monoisotopic (exact) mass is 242 g/mol. The van der Waals surface area contributed by atoms with Gasteiger partial charge in [-0.15, -0.1) is 5.54 Å². The van der Waals surface area contributed by atoms with Crippen molar-refractivity contribution < 1.29 is 14.3 Å². The number of methoxy groups -OCH3 is 1. The molecular weight excluding hydrogens is 220 g/mol. The summed E-state index contributed by atoms with van der Waals surface area (Å²) < 4.78 is 10.2. The lowest BCUT2D eigenvalue weighted by Gasteiger charge is -2.23. The van der Waals surface area contributed by atoms with Gasteiger partial charge in [-0.25, -0.2) is 4.79 Å². The summed E-state index contributed by atoms with van der Waals surface area (Å²) >= 11 is 0. The van der Waals surface area contributed by atoms with Gasteiger partial charge in [0.2, 0.25) is 6.10 Å². The SMILES string of the molecule is COC(=O)C(C#C[Si](C)(C)C)OC(C)(C)C. The fourth-order valence-electron chi connectivity index (χ4n) is 0.879. The molecule has 3 nitrogen and oxygen atoms in total. The zero-order valence-corrected chi connectivity index (χ0v) is 12.3. The summed E-state index contributed by atoms with van der Waals surface area (Å²) in [5, 5.41) is 0. The first-order valence-electron chi connectivity index (χ1n) is 5.33. The Hall–Kier alpha value is -0.793. The average Bonchev–Trinajstić information content (AvgIpc) is 2.07. The van der Waals surface area contributed by atoms with E-state index in [2.05, 4.69) is 35.8 Å². The molecule has 0 saturated heterocycles. The molecule has 0 aliphatic rings. The van der Waals surface area contributed by atoms with Gasteiger partial charge >= 0.3 is 5.97 Å². The maximum atomic E-state index is 11.5. The summed E-state index contributed by atoms with van der Waals surface area (Å²) in [6, 6.07) is 0. The molecule has 0 spiro atoms. The molecule has 0 aromatic heterocycles. The number of carbonyl (C=O) groups excluding carboxylic acids is 1. The van der Waals surface area contributed by atoms with Gasteiger partial charge < -0.3 is 9.47 Å². The third-order valence-corrected chi connectivity index (χ3v) is 2.36. The van der Waals surface area contributed by atoms with Crippen molar-refractivity contribution in [2.45, 2.75) is 52.1 Å². The van der Waals surface area contributed by atoms with E-state index in [1.54, 1.807) is 0 Å². The molecule has 0 aliphatic heterocycles. The molecule has 0 N–H and O–H groups in total. The molecule has 0 saturated carbocycles. The van der Waals surface area contributed by atoms with Crippen LogP contribution < -0.4 is 0 Å². The molecule has 0 radical (unpaired) electrons. The van der Waals surface area contributed by atoms with E-state index in [1.807, 2.05) is 20.8 Å². The third kappa shape index (κ3) is 7.49. The summed E-state index contributed by atoms with van der Waals surface area (Å²) in [4.78, 5) is 11.5. The molecule has 0 rings (SSSR count). The zero-order valence-electron chi connectivity index (χ0n) is 11.3. The van der Waals surface area contributed by atoms with E-state index in [0.717, 1.165) is 0 Å². The number of carbonyl (C=O) groups is 1. The molecule has 0 aliphatic carbocycles. The minimum atomic E-state index is -1.50. The highest BCUT2D eigenvalue weighted by molar-refractivity contribution is 6.83. The van der Waals surface area contributed by atoms with Gasteiger partial charge in [0.25, 0.3) is 0 Å². The molecule has 0 aromatic rings. The number of esters is 1. The maximum absolute atomic E-state index is 11.5. The smallest absolute Gasteiger partial charge is 0.347 e. The van der Waals surface area contributed by atoms with E-state index in [-0.39, 0.29) is 0 Å². The Bertz CT molecular complexity index is 299. The van der Waals surface area contributed by atoms with Crippen molar-refractivity contribution in [3.8, 4) is 11.5 Å². The number of ether oxygens (including phenoxy) is 2. The highest BCUT2D eigenvalue weighted by Gasteiger charge is 2.24. The van der Waals surface area contributed by atoms with E-state index >= 15 is 0 Å². The second-order valence-corrected chi connectivity index (χ2v) is 10.4. The Morgan fingerprint density at radius 3 is 2.06 bits per heavy atom. The topological polar surface area (TPSA) is 35.5 Å². The van der Waals surface area contributed by atoms with Crippen LogP contribution in [0.4, 0.5) is 0 Å². The van der Waals surface area contributed by atoms with E-state index in [1.165, 1.54) is 7.11 Å². The Balaban J connectivity index is 4.82. The van der Waals surface area contributed by atoms with Gasteiger partial charge in [0.05, 0.1) is 12.7 Å². The Kier molecular flexibility index (Phi) is 5.24. The summed E-state index contributed by atoms with van der Waals surface area (Å²) in [6.07, 6.45) is -0.781. The minimum Gasteiger partial charge on any atom is -0.466 e. The van der Waals surface area contributed by atoms with Crippen molar-refractivity contribution in [3.63, 3.8) is 0 Å². The lowest BCUT2D eigenvalue weighted by Crippen LogP contribution is -2.33. The number of hydrogen-bond donors (Lipinski definition) is 0. The lowest BCUT2D eigenvalue weighted by molar-refractivity contribution is -0.157. The van der Waals surface area contributed by atoms with Gasteiger partial charge in [-0.3, -0.25) is 0 Å². The Morgan fingerprint density at radius 2 is 1.75 bits per heavy atom. The predicted molar refractivity (Wildman–Crippen MR) is 67.8 cm³/mol. The summed E-state index contributed by atoms with van der Waals surface area (Å²) in [6.45, 7) is 12.0. The van der Waals surface area contributed by atoms with Crippen molar-refractivity contribution in [3.05, 3.63) is 0 Å². The molecule has 0 heterocycles. The van der Waals surface area contributed by atoms with Crippen molar-refractivity contribution in [2.24, 2.45) is 0 Å². The van der Waals surface area contributed by atoms with Crippen LogP contribution in [0.5, 0.6) is 0 Å². The fraction of sp³-hybridized carbons (Fsp3) is 0.750. The second kappa shape index (κ2) is 5.51. The average molecular weight is 242 g/mol. The van der Waals surface area contributed by atoms with Gasteiger partial charge in [0.15, 0.2) is 0 Å². The molecule has 1 atom stereocenters. The fourth-order valence-corrected chi connectivity index (χ4v) is 1.44. The van der Waals surface area contributed by atoms with Crippen molar-refractivity contribution in [1.82, 2.24) is 0 Å². The highest BCUT2D eigenvalue weighted by Crippen LogP contribution is 2.11. The van der Waals surface area contributed by atoms with Crippen molar-refractivity contribution in [2.75, 3.05) is 7.11 Å². The number of hydrogen-bond acceptors (Lipinski definition) is 3. The van der Waals surface area contributed by atoms with Gasteiger partial charge in [0.1, 0.15) is 8.07 Å². The lowest BCUT2D eigenvalue weighted by atomic mass is 10.2. The van der Waals surface area contributed by atoms with Crippen LogP contribution >= 0.6 is 0 Å². The Morgan fingerprint density at radius 1 is 1.25 bits per heavy atom. The molecule has 0 bridgehead atoms. The van der Waals surface area contributed by atoms with Crippen LogP contribution in [0.15, 0.2) is 0 Å². The van der Waals surface area contributed by atoms with E-state index < -0.39 is 25.7 Å². The van der Waals surface area contributed by atoms with Crippen LogP contribution in [0, 0.1) is 11.5 Å². The van der Waals surface area contributed by atoms with Gasteiger partial charge in [-0.1, -0.05) is 25.6 Å².